The first-order valence-corrected chi connectivity index (χ1v) is 14.5. The number of thioether (sulfide) groups is 1. The number of fused-ring (bicyclic) bond motifs is 1. The highest BCUT2D eigenvalue weighted by Crippen LogP contribution is 2.38. The molecule has 2 atom stereocenters. The zero-order valence-corrected chi connectivity index (χ0v) is 23.4. The number of carboxylic acid groups (broad SMARTS) is 1. The van der Waals surface area contributed by atoms with Gasteiger partial charge < -0.3 is 19.8 Å². The Morgan fingerprint density at radius 3 is 2.71 bits per heavy atom. The molecule has 0 saturated carbocycles. The summed E-state index contributed by atoms with van der Waals surface area (Å²) in [6.45, 7) is 3.97. The smallest absolute Gasteiger partial charge is 0.341 e. The number of pyridine rings is 1. The third-order valence-electron chi connectivity index (χ3n) is 6.44. The van der Waals surface area contributed by atoms with Gasteiger partial charge in [-0.2, -0.15) is 11.8 Å². The summed E-state index contributed by atoms with van der Waals surface area (Å²) in [5.74, 6) is 2.85. The number of nitrogens with zero attached hydrogens (tertiary/aromatic N) is 2. The van der Waals surface area contributed by atoms with Crippen LogP contribution in [-0.4, -0.2) is 57.4 Å². The number of benzene rings is 1. The lowest BCUT2D eigenvalue weighted by molar-refractivity contribution is -0.139. The van der Waals surface area contributed by atoms with E-state index in [9.17, 15) is 14.7 Å². The van der Waals surface area contributed by atoms with E-state index in [4.69, 9.17) is 26.3 Å². The summed E-state index contributed by atoms with van der Waals surface area (Å²) in [6, 6.07) is 6.83. The lowest BCUT2D eigenvalue weighted by atomic mass is 9.76. The van der Waals surface area contributed by atoms with Gasteiger partial charge in [-0.25, -0.2) is 4.79 Å². The number of halogens is 1. The average Bonchev–Trinajstić information content (AvgIpc) is 2.92. The van der Waals surface area contributed by atoms with Gasteiger partial charge in [0, 0.05) is 24.4 Å². The molecule has 0 bridgehead atoms. The molecular formula is C28H35ClN2O6S. The van der Waals surface area contributed by atoms with Crippen molar-refractivity contribution in [1.29, 1.82) is 0 Å². The van der Waals surface area contributed by atoms with Crippen LogP contribution in [0.25, 0.3) is 10.9 Å². The maximum Gasteiger partial charge on any atom is 0.341 e. The number of aliphatic hydroxyl groups is 1. The summed E-state index contributed by atoms with van der Waals surface area (Å²) in [4.78, 5) is 32.2. The quantitative estimate of drug-likeness (QED) is 0.264. The number of allylic oxidation sites excluding steroid dienone is 2. The summed E-state index contributed by atoms with van der Waals surface area (Å²) >= 11 is 7.95. The molecule has 2 aliphatic rings. The van der Waals surface area contributed by atoms with E-state index in [2.05, 4.69) is 10.1 Å². The largest absolute Gasteiger partial charge is 0.511 e. The molecule has 1 aliphatic heterocycles. The van der Waals surface area contributed by atoms with Gasteiger partial charge in [0.2, 0.25) is 0 Å². The molecule has 1 aromatic carbocycles. The highest BCUT2D eigenvalue weighted by Gasteiger charge is 2.35. The van der Waals surface area contributed by atoms with Crippen LogP contribution in [0, 0.1) is 11.8 Å². The Bertz CT molecular complexity index is 1180. The Balaban J connectivity index is 0.000000221. The van der Waals surface area contributed by atoms with E-state index in [1.807, 2.05) is 25.6 Å². The Morgan fingerprint density at radius 2 is 2.05 bits per heavy atom. The van der Waals surface area contributed by atoms with E-state index in [0.717, 1.165) is 17.6 Å². The molecule has 0 spiro atoms. The fourth-order valence-corrected chi connectivity index (χ4v) is 6.18. The zero-order chi connectivity index (χ0) is 27.5. The number of carbonyl (C=O) groups excluding carboxylic acids is 1. The number of aliphatic carboxylic acids is 1. The third kappa shape index (κ3) is 8.11. The van der Waals surface area contributed by atoms with Crippen molar-refractivity contribution in [2.24, 2.45) is 17.0 Å². The normalized spacial score (nSPS) is 20.1. The maximum atomic E-state index is 12.6. The Morgan fingerprint density at radius 1 is 1.24 bits per heavy atom. The number of aliphatic hydroxyl groups excluding tert-OH is 1. The van der Waals surface area contributed by atoms with E-state index in [0.29, 0.717) is 65.3 Å². The van der Waals surface area contributed by atoms with Gasteiger partial charge in [-0.05, 0) is 73.8 Å². The van der Waals surface area contributed by atoms with Gasteiger partial charge in [0.15, 0.2) is 12.4 Å². The van der Waals surface area contributed by atoms with Crippen LogP contribution in [0.1, 0.15) is 52.4 Å². The second-order valence-electron chi connectivity index (χ2n) is 9.22. The number of hydrogen-bond donors (Lipinski definition) is 2. The van der Waals surface area contributed by atoms with Gasteiger partial charge in [-0.1, -0.05) is 30.1 Å². The Hall–Kier alpha value is -2.78. The van der Waals surface area contributed by atoms with Gasteiger partial charge in [0.05, 0.1) is 16.3 Å². The molecule has 4 rings (SSSR count). The molecule has 2 aromatic rings. The third-order valence-corrected chi connectivity index (χ3v) is 8.01. The number of carboxylic acids is 1. The first kappa shape index (κ1) is 29.8. The van der Waals surface area contributed by atoms with Crippen molar-refractivity contribution < 1.29 is 29.4 Å². The van der Waals surface area contributed by atoms with Crippen LogP contribution < -0.4 is 4.74 Å². The summed E-state index contributed by atoms with van der Waals surface area (Å²) in [7, 11) is 0. The van der Waals surface area contributed by atoms with Crippen LogP contribution in [0.2, 0.25) is 5.02 Å². The van der Waals surface area contributed by atoms with Crippen LogP contribution >= 0.6 is 23.4 Å². The van der Waals surface area contributed by atoms with Crippen molar-refractivity contribution in [1.82, 2.24) is 4.98 Å². The minimum Gasteiger partial charge on any atom is -0.511 e. The molecule has 1 saturated heterocycles. The van der Waals surface area contributed by atoms with E-state index in [-0.39, 0.29) is 11.5 Å². The molecule has 8 nitrogen and oxygen atoms in total. The Labute approximate surface area is 232 Å². The molecule has 206 valence electrons. The van der Waals surface area contributed by atoms with Crippen LogP contribution in [0.5, 0.6) is 5.75 Å². The molecule has 1 aliphatic carbocycles. The van der Waals surface area contributed by atoms with E-state index < -0.39 is 12.6 Å². The number of ketones is 1. The van der Waals surface area contributed by atoms with E-state index in [1.54, 1.807) is 30.5 Å². The molecule has 1 aromatic heterocycles. The molecule has 2 unspecified atom stereocenters. The predicted octanol–water partition coefficient (Wildman–Crippen LogP) is 6.47. The van der Waals surface area contributed by atoms with Crippen molar-refractivity contribution in [2.75, 3.05) is 24.7 Å². The van der Waals surface area contributed by atoms with E-state index >= 15 is 0 Å². The second-order valence-corrected chi connectivity index (χ2v) is 10.8. The molecule has 0 radical (unpaired) electrons. The van der Waals surface area contributed by atoms with Gasteiger partial charge in [0.1, 0.15) is 23.6 Å². The maximum absolute atomic E-state index is 12.6. The number of hydrogen-bond acceptors (Lipinski definition) is 8. The van der Waals surface area contributed by atoms with Crippen molar-refractivity contribution in [2.45, 2.75) is 52.4 Å². The monoisotopic (exact) mass is 562 g/mol. The fourth-order valence-electron chi connectivity index (χ4n) is 4.69. The Kier molecular flexibility index (Phi) is 11.7. The first-order chi connectivity index (χ1) is 18.3. The van der Waals surface area contributed by atoms with E-state index in [1.165, 1.54) is 18.6 Å². The van der Waals surface area contributed by atoms with Crippen molar-refractivity contribution in [3.63, 3.8) is 0 Å². The number of oxime groups is 1. The van der Waals surface area contributed by atoms with Crippen molar-refractivity contribution in [3.05, 3.63) is 46.8 Å². The molecule has 0 amide bonds. The molecule has 10 heteroatoms. The highest BCUT2D eigenvalue weighted by molar-refractivity contribution is 7.99. The standard InChI is InChI=1S/C17H27NO3S.C11H8ClNO3/c1-3-6-14(18-21-4-2)17-15(19)9-13(10-16(17)20)12-7-5-8-22-11-12;12-8-3-4-9(16-6-10(14)15)11-7(8)2-1-5-13-11/h12-13,19H,3-11H2,1-2H3;1-5H,6H2,(H,14,15)/b18-14+;. The predicted molar refractivity (Wildman–Crippen MR) is 151 cm³/mol. The molecule has 2 N–H and O–H groups in total. The average molecular weight is 563 g/mol. The first-order valence-electron chi connectivity index (χ1n) is 13.0. The SMILES string of the molecule is CCC/C(=N\OCC)C1=C(O)CC(C2CCCSC2)CC1=O.O=C(O)COc1ccc(Cl)c2cccnc12. The molecule has 38 heavy (non-hydrogen) atoms. The number of ether oxygens (including phenoxy) is 1. The second kappa shape index (κ2) is 15.0. The highest BCUT2D eigenvalue weighted by atomic mass is 35.5. The molecule has 2 heterocycles. The summed E-state index contributed by atoms with van der Waals surface area (Å²) < 4.78 is 5.12. The molecule has 1 fully saturated rings. The number of aromatic nitrogens is 1. The number of Topliss-reactive ketones (excluding diaryl/α,β-unsaturated/α-hetero) is 1. The van der Waals surface area contributed by atoms with Gasteiger partial charge >= 0.3 is 5.97 Å². The minimum absolute atomic E-state index is 0.0382. The van der Waals surface area contributed by atoms with Gasteiger partial charge in [-0.15, -0.1) is 0 Å². The summed E-state index contributed by atoms with van der Waals surface area (Å²) in [5, 5.41) is 24.4. The summed E-state index contributed by atoms with van der Waals surface area (Å²) in [6.07, 6.45) is 6.70. The van der Waals surface area contributed by atoms with Crippen LogP contribution in [0.15, 0.2) is 47.0 Å². The van der Waals surface area contributed by atoms with Crippen LogP contribution in [0.3, 0.4) is 0 Å². The lowest BCUT2D eigenvalue weighted by Gasteiger charge is -2.32. The zero-order valence-electron chi connectivity index (χ0n) is 21.8. The van der Waals surface area contributed by atoms with Crippen molar-refractivity contribution >= 4 is 51.7 Å². The van der Waals surface area contributed by atoms with Crippen LogP contribution in [0.4, 0.5) is 0 Å². The topological polar surface area (TPSA) is 118 Å². The van der Waals surface area contributed by atoms with Crippen LogP contribution in [-0.2, 0) is 14.4 Å². The number of rotatable bonds is 9. The fraction of sp³-hybridized carbons (Fsp3) is 0.500. The van der Waals surface area contributed by atoms with Gasteiger partial charge in [0.25, 0.3) is 0 Å². The lowest BCUT2D eigenvalue weighted by Crippen LogP contribution is -2.30. The summed E-state index contributed by atoms with van der Waals surface area (Å²) in [5.41, 5.74) is 1.61. The minimum atomic E-state index is -1.03. The van der Waals surface area contributed by atoms with Gasteiger partial charge in [-0.3, -0.25) is 9.78 Å². The number of carbonyl (C=O) groups is 2. The van der Waals surface area contributed by atoms with Crippen molar-refractivity contribution in [3.8, 4) is 5.75 Å². The molecular weight excluding hydrogens is 528 g/mol.